The summed E-state index contributed by atoms with van der Waals surface area (Å²) < 4.78 is 5.48. The van der Waals surface area contributed by atoms with Crippen molar-refractivity contribution in [1.82, 2.24) is 5.32 Å². The van der Waals surface area contributed by atoms with Crippen LogP contribution in [-0.4, -0.2) is 47.4 Å². The van der Waals surface area contributed by atoms with Crippen molar-refractivity contribution in [2.45, 2.75) is 424 Å². The number of allylic oxidation sites excluding steroid dienone is 7. The zero-order chi connectivity index (χ0) is 60.6. The largest absolute Gasteiger partial charge is 0.466 e. The van der Waals surface area contributed by atoms with E-state index in [1.807, 2.05) is 6.08 Å². The topological polar surface area (TPSA) is 95.9 Å². The van der Waals surface area contributed by atoms with Crippen LogP contribution in [0.3, 0.4) is 0 Å². The van der Waals surface area contributed by atoms with Crippen LogP contribution in [0, 0.1) is 0 Å². The van der Waals surface area contributed by atoms with E-state index in [1.165, 1.54) is 334 Å². The molecule has 0 aromatic rings. The van der Waals surface area contributed by atoms with Gasteiger partial charge in [-0.05, 0) is 89.9 Å². The second-order valence-electron chi connectivity index (χ2n) is 26.0. The predicted molar refractivity (Wildman–Crippen MR) is 370 cm³/mol. The molecule has 494 valence electrons. The molecule has 0 aromatic carbocycles. The Kier molecular flexibility index (Phi) is 71.4. The molecular weight excluding hydrogens is 1030 g/mol. The molecule has 0 aliphatic heterocycles. The molecule has 0 aliphatic carbocycles. The van der Waals surface area contributed by atoms with Gasteiger partial charge >= 0.3 is 5.97 Å². The zero-order valence-electron chi connectivity index (χ0n) is 56.6. The first-order chi connectivity index (χ1) is 41.5. The summed E-state index contributed by atoms with van der Waals surface area (Å²) in [7, 11) is 0. The Morgan fingerprint density at radius 1 is 0.333 bits per heavy atom. The molecule has 6 nitrogen and oxygen atoms in total. The fourth-order valence-electron chi connectivity index (χ4n) is 11.8. The highest BCUT2D eigenvalue weighted by Crippen LogP contribution is 2.19. The average Bonchev–Trinajstić information content (AvgIpc) is 3.51. The van der Waals surface area contributed by atoms with Gasteiger partial charge in [-0.2, -0.15) is 0 Å². The Balaban J connectivity index is 3.41. The number of rotatable bonds is 71. The quantitative estimate of drug-likeness (QED) is 0.0320. The summed E-state index contributed by atoms with van der Waals surface area (Å²) in [5.41, 5.74) is 0. The molecule has 0 saturated carbocycles. The van der Waals surface area contributed by atoms with E-state index in [0.717, 1.165) is 51.4 Å². The number of unbranched alkanes of at least 4 members (excludes halogenated alkanes) is 54. The van der Waals surface area contributed by atoms with Crippen molar-refractivity contribution in [2.75, 3.05) is 13.2 Å². The minimum atomic E-state index is -0.845. The van der Waals surface area contributed by atoms with Crippen molar-refractivity contribution in [3.05, 3.63) is 48.6 Å². The summed E-state index contributed by atoms with van der Waals surface area (Å²) in [5.74, 6) is -0.0569. The van der Waals surface area contributed by atoms with Gasteiger partial charge < -0.3 is 20.3 Å². The standard InChI is InChI=1S/C78H147NO5/c1-3-5-7-9-11-13-15-17-19-20-21-37-40-43-46-50-54-58-62-66-70-76(81)75(74-80)79-77(82)71-67-63-59-55-51-47-44-41-38-35-33-31-29-27-25-23-22-24-26-28-30-32-34-36-39-42-45-49-53-57-61-65-69-73-84-78(83)72-68-64-60-56-52-48-18-16-14-12-10-8-6-4-2/h16,18,26,28,32,34,66,70,75-76,80-81H,3-15,17,19-25,27,29-31,33,35-65,67-69,71-74H2,1-2H3,(H,79,82)/b18-16-,28-26-,34-32-,70-66+. The fourth-order valence-corrected chi connectivity index (χ4v) is 11.8. The normalized spacial score (nSPS) is 12.8. The molecule has 6 heteroatoms. The highest BCUT2D eigenvalue weighted by Gasteiger charge is 2.18. The van der Waals surface area contributed by atoms with E-state index >= 15 is 0 Å². The van der Waals surface area contributed by atoms with Crippen LogP contribution in [0.25, 0.3) is 0 Å². The molecular formula is C78H147NO5. The van der Waals surface area contributed by atoms with Crippen molar-refractivity contribution < 1.29 is 24.5 Å². The summed E-state index contributed by atoms with van der Waals surface area (Å²) in [6.45, 7) is 4.92. The molecule has 3 N–H and O–H groups in total. The van der Waals surface area contributed by atoms with Crippen molar-refractivity contribution >= 4 is 11.9 Å². The first kappa shape index (κ1) is 81.8. The van der Waals surface area contributed by atoms with Crippen molar-refractivity contribution in [1.29, 1.82) is 0 Å². The lowest BCUT2D eigenvalue weighted by Gasteiger charge is -2.20. The van der Waals surface area contributed by atoms with E-state index < -0.39 is 12.1 Å². The lowest BCUT2D eigenvalue weighted by Crippen LogP contribution is -2.45. The van der Waals surface area contributed by atoms with Crippen molar-refractivity contribution in [2.24, 2.45) is 0 Å². The highest BCUT2D eigenvalue weighted by molar-refractivity contribution is 5.76. The number of aliphatic hydroxyl groups is 2. The summed E-state index contributed by atoms with van der Waals surface area (Å²) in [6, 6.07) is -0.628. The first-order valence-electron chi connectivity index (χ1n) is 37.9. The number of hydrogen-bond acceptors (Lipinski definition) is 5. The molecule has 0 rings (SSSR count). The smallest absolute Gasteiger partial charge is 0.305 e. The number of aliphatic hydroxyl groups excluding tert-OH is 2. The predicted octanol–water partition coefficient (Wildman–Crippen LogP) is 24.8. The van der Waals surface area contributed by atoms with E-state index in [0.29, 0.717) is 19.4 Å². The maximum absolute atomic E-state index is 12.5. The molecule has 0 bridgehead atoms. The number of hydrogen-bond donors (Lipinski definition) is 3. The summed E-state index contributed by atoms with van der Waals surface area (Å²) in [6.07, 6.45) is 96.4. The molecule has 0 aromatic heterocycles. The van der Waals surface area contributed by atoms with E-state index in [4.69, 9.17) is 4.74 Å². The summed E-state index contributed by atoms with van der Waals surface area (Å²) in [4.78, 5) is 24.6. The maximum Gasteiger partial charge on any atom is 0.305 e. The Hall–Kier alpha value is -2.18. The number of carbonyl (C=O) groups is 2. The summed E-state index contributed by atoms with van der Waals surface area (Å²) >= 11 is 0. The molecule has 0 fully saturated rings. The van der Waals surface area contributed by atoms with Gasteiger partial charge in [0, 0.05) is 12.8 Å². The monoisotopic (exact) mass is 1180 g/mol. The van der Waals surface area contributed by atoms with Crippen LogP contribution in [0.2, 0.25) is 0 Å². The van der Waals surface area contributed by atoms with Gasteiger partial charge in [-0.25, -0.2) is 0 Å². The maximum atomic E-state index is 12.5. The summed E-state index contributed by atoms with van der Waals surface area (Å²) in [5, 5.41) is 23.3. The fraction of sp³-hybridized carbons (Fsp3) is 0.872. The Labute approximate surface area is 525 Å². The molecule has 0 aliphatic rings. The van der Waals surface area contributed by atoms with Crippen LogP contribution < -0.4 is 5.32 Å². The van der Waals surface area contributed by atoms with Crippen LogP contribution in [0.15, 0.2) is 48.6 Å². The highest BCUT2D eigenvalue weighted by atomic mass is 16.5. The minimum Gasteiger partial charge on any atom is -0.466 e. The molecule has 2 unspecified atom stereocenters. The van der Waals surface area contributed by atoms with Crippen LogP contribution in [0.4, 0.5) is 0 Å². The molecule has 2 atom stereocenters. The van der Waals surface area contributed by atoms with Crippen molar-refractivity contribution in [3.63, 3.8) is 0 Å². The van der Waals surface area contributed by atoms with Crippen LogP contribution in [0.5, 0.6) is 0 Å². The number of amides is 1. The average molecular weight is 1180 g/mol. The van der Waals surface area contributed by atoms with E-state index in [1.54, 1.807) is 6.08 Å². The lowest BCUT2D eigenvalue weighted by molar-refractivity contribution is -0.143. The number of carbonyl (C=O) groups excluding carboxylic acids is 2. The Morgan fingerprint density at radius 2 is 0.595 bits per heavy atom. The van der Waals surface area contributed by atoms with Gasteiger partial charge in [0.2, 0.25) is 5.91 Å². The van der Waals surface area contributed by atoms with E-state index in [2.05, 4.69) is 55.6 Å². The van der Waals surface area contributed by atoms with Gasteiger partial charge in [-0.3, -0.25) is 9.59 Å². The zero-order valence-corrected chi connectivity index (χ0v) is 56.6. The number of esters is 1. The minimum absolute atomic E-state index is 0.00565. The molecule has 0 radical (unpaired) electrons. The van der Waals surface area contributed by atoms with Gasteiger partial charge in [0.25, 0.3) is 0 Å². The molecule has 84 heavy (non-hydrogen) atoms. The third-order valence-electron chi connectivity index (χ3n) is 17.6. The Bertz CT molecular complexity index is 1400. The molecule has 0 spiro atoms. The van der Waals surface area contributed by atoms with Crippen molar-refractivity contribution in [3.8, 4) is 0 Å². The number of ether oxygens (including phenoxy) is 1. The third kappa shape index (κ3) is 68.9. The van der Waals surface area contributed by atoms with Gasteiger partial charge in [-0.1, -0.05) is 358 Å². The second-order valence-corrected chi connectivity index (χ2v) is 26.0. The van der Waals surface area contributed by atoms with Gasteiger partial charge in [-0.15, -0.1) is 0 Å². The molecule has 0 heterocycles. The molecule has 0 saturated heterocycles. The van der Waals surface area contributed by atoms with Crippen LogP contribution in [0.1, 0.15) is 412 Å². The first-order valence-corrected chi connectivity index (χ1v) is 37.9. The van der Waals surface area contributed by atoms with Gasteiger partial charge in [0.05, 0.1) is 25.4 Å². The van der Waals surface area contributed by atoms with Gasteiger partial charge in [0.15, 0.2) is 0 Å². The van der Waals surface area contributed by atoms with Gasteiger partial charge in [0.1, 0.15) is 0 Å². The Morgan fingerprint density at radius 3 is 0.917 bits per heavy atom. The number of nitrogens with one attached hydrogen (secondary N) is 1. The molecule has 1 amide bonds. The SMILES string of the molecule is CCCCCCC/C=C\CCCCCCCC(=O)OCCCCCCCCCCC/C=C\C/C=C\CCCCCCCCCCCCCCCCCCCC(=O)NC(CO)C(O)/C=C/CCCCCCCCCCCCCCCCCCCC. The lowest BCUT2D eigenvalue weighted by atomic mass is 10.0. The van der Waals surface area contributed by atoms with E-state index in [9.17, 15) is 19.8 Å². The third-order valence-corrected chi connectivity index (χ3v) is 17.6. The second kappa shape index (κ2) is 73.3. The van der Waals surface area contributed by atoms with E-state index in [-0.39, 0.29) is 18.5 Å². The van der Waals surface area contributed by atoms with Crippen LogP contribution >= 0.6 is 0 Å². The van der Waals surface area contributed by atoms with Crippen LogP contribution in [-0.2, 0) is 14.3 Å².